The summed E-state index contributed by atoms with van der Waals surface area (Å²) in [5, 5.41) is 3.02. The number of nitrogens with zero attached hydrogens (tertiary/aromatic N) is 1. The molecular formula is C16H27N3O2. The van der Waals surface area contributed by atoms with Gasteiger partial charge in [0, 0.05) is 18.5 Å². The number of carbonyl (C=O) groups excluding carboxylic acids is 1. The molecule has 0 aliphatic carbocycles. The minimum Gasteiger partial charge on any atom is -0.468 e. The summed E-state index contributed by atoms with van der Waals surface area (Å²) in [6, 6.07) is 4.02. The fraction of sp³-hybridized carbons (Fsp3) is 0.688. The van der Waals surface area contributed by atoms with Crippen molar-refractivity contribution in [1.82, 2.24) is 10.2 Å². The maximum atomic E-state index is 12.0. The molecule has 1 aromatic rings. The van der Waals surface area contributed by atoms with Crippen LogP contribution >= 0.6 is 0 Å². The van der Waals surface area contributed by atoms with Crippen LogP contribution in [0.3, 0.4) is 0 Å². The van der Waals surface area contributed by atoms with Crippen molar-refractivity contribution in [3.05, 3.63) is 24.2 Å². The van der Waals surface area contributed by atoms with Crippen molar-refractivity contribution in [3.8, 4) is 0 Å². The molecular weight excluding hydrogens is 266 g/mol. The maximum absolute atomic E-state index is 12.0. The topological polar surface area (TPSA) is 71.5 Å². The van der Waals surface area contributed by atoms with E-state index in [1.54, 1.807) is 6.26 Å². The number of hydrogen-bond acceptors (Lipinski definition) is 4. The summed E-state index contributed by atoms with van der Waals surface area (Å²) < 4.78 is 5.54. The van der Waals surface area contributed by atoms with Crippen LogP contribution in [0.4, 0.5) is 0 Å². The van der Waals surface area contributed by atoms with Crippen LogP contribution in [0.5, 0.6) is 0 Å². The summed E-state index contributed by atoms with van der Waals surface area (Å²) in [5.74, 6) is 0.987. The van der Waals surface area contributed by atoms with Crippen molar-refractivity contribution in [2.75, 3.05) is 19.6 Å². The minimum atomic E-state index is -0.299. The number of nitrogens with one attached hydrogen (secondary N) is 1. The Labute approximate surface area is 126 Å². The lowest BCUT2D eigenvalue weighted by Crippen LogP contribution is -2.38. The van der Waals surface area contributed by atoms with Crippen molar-refractivity contribution in [1.29, 1.82) is 0 Å². The van der Waals surface area contributed by atoms with Crippen LogP contribution in [0.25, 0.3) is 0 Å². The highest BCUT2D eigenvalue weighted by molar-refractivity contribution is 5.76. The standard InChI is InChI=1S/C16H27N3O2/c1-16(2,17)8-7-15(20)18-12-13(14-6-5-11-21-14)19-9-3-4-10-19/h5-6,11,13H,3-4,7-10,12,17H2,1-2H3,(H,18,20). The monoisotopic (exact) mass is 293 g/mol. The van der Waals surface area contributed by atoms with E-state index in [4.69, 9.17) is 10.2 Å². The molecule has 1 aliphatic heterocycles. The molecule has 2 heterocycles. The minimum absolute atomic E-state index is 0.0595. The lowest BCUT2D eigenvalue weighted by Gasteiger charge is -2.26. The highest BCUT2D eigenvalue weighted by Gasteiger charge is 2.26. The van der Waals surface area contributed by atoms with E-state index in [1.165, 1.54) is 12.8 Å². The summed E-state index contributed by atoms with van der Waals surface area (Å²) >= 11 is 0. The molecule has 0 aromatic carbocycles. The zero-order valence-electron chi connectivity index (χ0n) is 13.1. The summed E-state index contributed by atoms with van der Waals surface area (Å²) in [6.45, 7) is 6.61. The predicted octanol–water partition coefficient (Wildman–Crippen LogP) is 2.05. The SMILES string of the molecule is CC(C)(N)CCC(=O)NCC(c1ccco1)N1CCCC1. The van der Waals surface area contributed by atoms with Crippen LogP contribution in [-0.4, -0.2) is 36.0 Å². The molecule has 1 fully saturated rings. The Morgan fingerprint density at radius 1 is 1.48 bits per heavy atom. The molecule has 1 aliphatic rings. The van der Waals surface area contributed by atoms with Crippen LogP contribution in [0, 0.1) is 0 Å². The first kappa shape index (κ1) is 16.0. The number of rotatable bonds is 7. The first-order valence-electron chi connectivity index (χ1n) is 7.79. The Hall–Kier alpha value is -1.33. The Morgan fingerprint density at radius 3 is 2.76 bits per heavy atom. The Kier molecular flexibility index (Phi) is 5.42. The molecule has 1 unspecified atom stereocenters. The first-order valence-corrected chi connectivity index (χ1v) is 7.79. The Bertz CT molecular complexity index is 431. The molecule has 0 saturated carbocycles. The largest absolute Gasteiger partial charge is 0.468 e. The lowest BCUT2D eigenvalue weighted by molar-refractivity contribution is -0.121. The van der Waals surface area contributed by atoms with Crippen molar-refractivity contribution in [2.45, 2.75) is 51.1 Å². The lowest BCUT2D eigenvalue weighted by atomic mass is 10.00. The van der Waals surface area contributed by atoms with E-state index in [2.05, 4.69) is 10.2 Å². The van der Waals surface area contributed by atoms with Crippen molar-refractivity contribution in [3.63, 3.8) is 0 Å². The summed E-state index contributed by atoms with van der Waals surface area (Å²) in [7, 11) is 0. The molecule has 118 valence electrons. The summed E-state index contributed by atoms with van der Waals surface area (Å²) in [6.07, 6.45) is 5.28. The number of nitrogens with two attached hydrogens (primary N) is 1. The van der Waals surface area contributed by atoms with Gasteiger partial charge >= 0.3 is 0 Å². The molecule has 5 nitrogen and oxygen atoms in total. The fourth-order valence-corrected chi connectivity index (χ4v) is 2.68. The summed E-state index contributed by atoms with van der Waals surface area (Å²) in [5.41, 5.74) is 5.61. The smallest absolute Gasteiger partial charge is 0.220 e. The van der Waals surface area contributed by atoms with E-state index in [9.17, 15) is 4.79 Å². The van der Waals surface area contributed by atoms with Gasteiger partial charge in [0.05, 0.1) is 12.3 Å². The van der Waals surface area contributed by atoms with Gasteiger partial charge < -0.3 is 15.5 Å². The number of carbonyl (C=O) groups is 1. The molecule has 3 N–H and O–H groups in total. The van der Waals surface area contributed by atoms with Gasteiger partial charge in [-0.15, -0.1) is 0 Å². The quantitative estimate of drug-likeness (QED) is 0.807. The molecule has 5 heteroatoms. The zero-order valence-corrected chi connectivity index (χ0v) is 13.1. The molecule has 0 spiro atoms. The van der Waals surface area contributed by atoms with E-state index >= 15 is 0 Å². The third-order valence-corrected chi connectivity index (χ3v) is 3.94. The molecule has 0 bridgehead atoms. The Morgan fingerprint density at radius 2 is 2.19 bits per heavy atom. The van der Waals surface area contributed by atoms with Crippen LogP contribution in [-0.2, 0) is 4.79 Å². The van der Waals surface area contributed by atoms with Gasteiger partial charge in [-0.25, -0.2) is 0 Å². The van der Waals surface area contributed by atoms with Crippen LogP contribution in [0.15, 0.2) is 22.8 Å². The third kappa shape index (κ3) is 5.17. The van der Waals surface area contributed by atoms with Crippen LogP contribution < -0.4 is 11.1 Å². The van der Waals surface area contributed by atoms with Gasteiger partial charge in [0.15, 0.2) is 0 Å². The highest BCUT2D eigenvalue weighted by atomic mass is 16.3. The molecule has 1 amide bonds. The van der Waals surface area contributed by atoms with E-state index in [0.29, 0.717) is 19.4 Å². The van der Waals surface area contributed by atoms with Crippen LogP contribution in [0.2, 0.25) is 0 Å². The second-order valence-electron chi connectivity index (χ2n) is 6.57. The zero-order chi connectivity index (χ0) is 15.3. The van der Waals surface area contributed by atoms with Crippen molar-refractivity contribution in [2.24, 2.45) is 5.73 Å². The fourth-order valence-electron chi connectivity index (χ4n) is 2.68. The summed E-state index contributed by atoms with van der Waals surface area (Å²) in [4.78, 5) is 14.3. The van der Waals surface area contributed by atoms with E-state index in [1.807, 2.05) is 26.0 Å². The van der Waals surface area contributed by atoms with E-state index in [-0.39, 0.29) is 17.5 Å². The van der Waals surface area contributed by atoms with Gasteiger partial charge in [-0.2, -0.15) is 0 Å². The second kappa shape index (κ2) is 7.09. The molecule has 21 heavy (non-hydrogen) atoms. The second-order valence-corrected chi connectivity index (χ2v) is 6.57. The van der Waals surface area contributed by atoms with E-state index < -0.39 is 0 Å². The van der Waals surface area contributed by atoms with Gasteiger partial charge in [0.1, 0.15) is 5.76 Å². The normalized spacial score (nSPS) is 17.9. The third-order valence-electron chi connectivity index (χ3n) is 3.94. The van der Waals surface area contributed by atoms with Crippen LogP contribution in [0.1, 0.15) is 51.3 Å². The number of furan rings is 1. The number of amides is 1. The number of likely N-dealkylation sites (tertiary alicyclic amines) is 1. The van der Waals surface area contributed by atoms with Crippen molar-refractivity contribution < 1.29 is 9.21 Å². The predicted molar refractivity (Wildman–Crippen MR) is 82.8 cm³/mol. The van der Waals surface area contributed by atoms with Gasteiger partial charge in [0.25, 0.3) is 0 Å². The van der Waals surface area contributed by atoms with Gasteiger partial charge in [0.2, 0.25) is 5.91 Å². The average Bonchev–Trinajstić information content (AvgIpc) is 3.09. The number of hydrogen-bond donors (Lipinski definition) is 2. The van der Waals surface area contributed by atoms with Gasteiger partial charge in [-0.3, -0.25) is 9.69 Å². The molecule has 1 saturated heterocycles. The maximum Gasteiger partial charge on any atom is 0.220 e. The molecule has 0 radical (unpaired) electrons. The van der Waals surface area contributed by atoms with Gasteiger partial charge in [-0.1, -0.05) is 0 Å². The molecule has 1 aromatic heterocycles. The van der Waals surface area contributed by atoms with Crippen molar-refractivity contribution >= 4 is 5.91 Å². The average molecular weight is 293 g/mol. The Balaban J connectivity index is 1.86. The molecule has 1 atom stereocenters. The first-order chi connectivity index (χ1) is 9.96. The molecule has 2 rings (SSSR count). The van der Waals surface area contributed by atoms with E-state index in [0.717, 1.165) is 18.8 Å². The van der Waals surface area contributed by atoms with Gasteiger partial charge in [-0.05, 0) is 58.3 Å². The highest BCUT2D eigenvalue weighted by Crippen LogP contribution is 2.24.